The summed E-state index contributed by atoms with van der Waals surface area (Å²) in [6.45, 7) is 2.24. The smallest absolute Gasteiger partial charge is 0.394 e. The average molecular weight is 599 g/mol. The third-order valence-corrected chi connectivity index (χ3v) is 6.26. The van der Waals surface area contributed by atoms with E-state index in [0.717, 1.165) is 10.6 Å². The zero-order chi connectivity index (χ0) is 31.2. The molecule has 0 aliphatic carbocycles. The summed E-state index contributed by atoms with van der Waals surface area (Å²) in [5.74, 6) is 2.60. The second-order valence-electron chi connectivity index (χ2n) is 9.88. The number of hydrogen-bond acceptors (Lipinski definition) is 9. The number of carbonyl (C=O) groups excluding carboxylic acids is 1. The van der Waals surface area contributed by atoms with Crippen molar-refractivity contribution in [3.05, 3.63) is 72.0 Å². The number of ether oxygens (including phenoxy) is 2. The monoisotopic (exact) mass is 598 g/mol. The molecular weight excluding hydrogens is 569 g/mol. The first-order valence-corrected chi connectivity index (χ1v) is 12.7. The first-order valence-electron chi connectivity index (χ1n) is 12.7. The molecule has 1 aliphatic rings. The summed E-state index contributed by atoms with van der Waals surface area (Å²) in [7, 11) is 0. The molecule has 13 nitrogen and oxygen atoms in total. The molecule has 3 rings (SSSR count). The zero-order valence-electron chi connectivity index (χ0n) is 22.5. The number of nitro benzene ring substituents is 1. The van der Waals surface area contributed by atoms with E-state index < -0.39 is 65.9 Å². The first-order chi connectivity index (χ1) is 19.7. The number of rotatable bonds is 10. The van der Waals surface area contributed by atoms with Gasteiger partial charge in [-0.05, 0) is 24.5 Å². The third kappa shape index (κ3) is 8.26. The fourth-order valence-corrected chi connectivity index (χ4v) is 4.22. The molecule has 2 aromatic rings. The summed E-state index contributed by atoms with van der Waals surface area (Å²) in [4.78, 5) is 49.2. The Labute approximate surface area is 236 Å². The van der Waals surface area contributed by atoms with E-state index in [1.165, 1.54) is 18.3 Å². The number of benzene rings is 1. The van der Waals surface area contributed by atoms with E-state index in [1.807, 2.05) is 13.8 Å². The Morgan fingerprint density at radius 2 is 2.07 bits per heavy atom. The van der Waals surface area contributed by atoms with Crippen LogP contribution in [0.1, 0.15) is 55.7 Å². The van der Waals surface area contributed by atoms with Gasteiger partial charge in [0.15, 0.2) is 0 Å². The first kappa shape index (κ1) is 32.5. The minimum atomic E-state index is -5.06. The van der Waals surface area contributed by atoms with Gasteiger partial charge >= 0.3 is 17.8 Å². The van der Waals surface area contributed by atoms with Gasteiger partial charge in [-0.25, -0.2) is 4.79 Å². The maximum Gasteiger partial charge on any atom is 0.471 e. The molecule has 1 aromatic carbocycles. The Kier molecular flexibility index (Phi) is 10.6. The minimum Gasteiger partial charge on any atom is -0.394 e. The van der Waals surface area contributed by atoms with E-state index in [-0.39, 0.29) is 41.3 Å². The largest absolute Gasteiger partial charge is 0.471 e. The molecule has 1 fully saturated rings. The molecule has 1 saturated heterocycles. The van der Waals surface area contributed by atoms with Gasteiger partial charge in [-0.3, -0.25) is 29.3 Å². The predicted molar refractivity (Wildman–Crippen MR) is 139 cm³/mol. The highest BCUT2D eigenvalue weighted by atomic mass is 19.4. The van der Waals surface area contributed by atoms with Gasteiger partial charge in [-0.15, -0.1) is 0 Å². The fourth-order valence-electron chi connectivity index (χ4n) is 4.22. The van der Waals surface area contributed by atoms with E-state index in [2.05, 4.69) is 16.8 Å². The normalized spacial score (nSPS) is 19.3. The second kappa shape index (κ2) is 13.7. The van der Waals surface area contributed by atoms with Gasteiger partial charge < -0.3 is 25.0 Å². The molecule has 16 heteroatoms. The Morgan fingerprint density at radius 3 is 2.67 bits per heavy atom. The Balaban J connectivity index is 1.84. The summed E-state index contributed by atoms with van der Waals surface area (Å²) in [6.07, 6.45) is -7.35. The highest BCUT2D eigenvalue weighted by Crippen LogP contribution is 2.34. The Morgan fingerprint density at radius 1 is 1.36 bits per heavy atom. The predicted octanol–water partition coefficient (Wildman–Crippen LogP) is 1.42. The van der Waals surface area contributed by atoms with Crippen molar-refractivity contribution >= 4 is 11.6 Å². The van der Waals surface area contributed by atoms with Crippen molar-refractivity contribution in [1.82, 2.24) is 14.9 Å². The number of amides is 1. The fraction of sp³-hybridized carbons (Fsp3) is 0.500. The molecule has 0 spiro atoms. The number of halogens is 3. The number of aliphatic hydroxyl groups is 2. The topological polar surface area (TPSA) is 186 Å². The SMILES string of the molecule is CC(C)CC(OCc1cn([C@H]2C[C@@H](O)[C@@H](CO)O2)c(=O)[nH]c1=O)c1ccc(C#CCNC(=O)C(F)(F)F)cc1[N+](=O)[O-]. The molecule has 1 amide bonds. The number of nitrogens with zero attached hydrogens (tertiary/aromatic N) is 2. The molecule has 1 unspecified atom stereocenters. The van der Waals surface area contributed by atoms with E-state index >= 15 is 0 Å². The molecule has 4 N–H and O–H groups in total. The lowest BCUT2D eigenvalue weighted by Crippen LogP contribution is -2.36. The van der Waals surface area contributed by atoms with E-state index in [1.54, 1.807) is 5.32 Å². The highest BCUT2D eigenvalue weighted by Gasteiger charge is 2.38. The Hall–Kier alpha value is -4.04. The molecule has 2 heterocycles. The number of nitrogens with one attached hydrogen (secondary N) is 2. The van der Waals surface area contributed by atoms with Crippen LogP contribution in [-0.4, -0.2) is 62.1 Å². The van der Waals surface area contributed by atoms with Crippen LogP contribution in [-0.2, 0) is 20.9 Å². The molecule has 0 saturated carbocycles. The summed E-state index contributed by atoms with van der Waals surface area (Å²) in [5, 5.41) is 32.8. The molecule has 0 radical (unpaired) electrons. The lowest BCUT2D eigenvalue weighted by molar-refractivity contribution is -0.386. The van der Waals surface area contributed by atoms with Crippen molar-refractivity contribution in [3.8, 4) is 11.8 Å². The van der Waals surface area contributed by atoms with Crippen LogP contribution >= 0.6 is 0 Å². The van der Waals surface area contributed by atoms with Crippen molar-refractivity contribution in [2.24, 2.45) is 5.92 Å². The number of alkyl halides is 3. The molecule has 4 atom stereocenters. The van der Waals surface area contributed by atoms with Crippen molar-refractivity contribution in [3.63, 3.8) is 0 Å². The van der Waals surface area contributed by atoms with Gasteiger partial charge in [0.1, 0.15) is 12.3 Å². The van der Waals surface area contributed by atoms with Crippen LogP contribution in [0.3, 0.4) is 0 Å². The minimum absolute atomic E-state index is 0.0000572. The van der Waals surface area contributed by atoms with Gasteiger partial charge in [0, 0.05) is 24.2 Å². The number of H-pyrrole nitrogens is 1. The summed E-state index contributed by atoms with van der Waals surface area (Å²) in [6, 6.07) is 3.92. The number of aliphatic hydroxyl groups excluding tert-OH is 2. The maximum absolute atomic E-state index is 12.5. The summed E-state index contributed by atoms with van der Waals surface area (Å²) < 4.78 is 49.4. The van der Waals surface area contributed by atoms with Crippen molar-refractivity contribution in [1.29, 1.82) is 0 Å². The van der Waals surface area contributed by atoms with E-state index in [9.17, 15) is 47.9 Å². The Bertz CT molecular complexity index is 1480. The lowest BCUT2D eigenvalue weighted by atomic mass is 9.97. The number of hydrogen-bond donors (Lipinski definition) is 4. The number of carbonyl (C=O) groups is 1. The van der Waals surface area contributed by atoms with Gasteiger partial charge in [0.25, 0.3) is 11.2 Å². The summed E-state index contributed by atoms with van der Waals surface area (Å²) >= 11 is 0. The quantitative estimate of drug-likeness (QED) is 0.178. The average Bonchev–Trinajstić information content (AvgIpc) is 3.29. The number of aromatic nitrogens is 2. The van der Waals surface area contributed by atoms with Crippen LogP contribution in [0.2, 0.25) is 0 Å². The number of aromatic amines is 1. The maximum atomic E-state index is 12.5. The van der Waals surface area contributed by atoms with Gasteiger partial charge in [-0.1, -0.05) is 25.7 Å². The molecular formula is C26H29F3N4O9. The van der Waals surface area contributed by atoms with Crippen LogP contribution in [0.5, 0.6) is 0 Å². The van der Waals surface area contributed by atoms with Gasteiger partial charge in [0.2, 0.25) is 0 Å². The van der Waals surface area contributed by atoms with E-state index in [0.29, 0.717) is 6.42 Å². The standard InChI is InChI=1S/C26H29F3N4O9/c1-14(2)8-20(17-6-5-15(9-18(17)33(39)40)4-3-7-30-24(37)26(27,28)29)41-13-16-11-32(25(38)31-23(16)36)22-10-19(35)21(12-34)42-22/h5-6,9,11,14,19-22,34-35H,7-8,10,12-13H2,1-2H3,(H,30,37)(H,31,36,38)/t19-,20?,21-,22-/m1/s1. The molecule has 42 heavy (non-hydrogen) atoms. The summed E-state index contributed by atoms with van der Waals surface area (Å²) in [5.41, 5.74) is -1.67. The molecule has 1 aromatic heterocycles. The van der Waals surface area contributed by atoms with Gasteiger partial charge in [-0.2, -0.15) is 13.2 Å². The van der Waals surface area contributed by atoms with Crippen LogP contribution in [0.4, 0.5) is 18.9 Å². The van der Waals surface area contributed by atoms with Crippen molar-refractivity contribution < 1.29 is 42.6 Å². The van der Waals surface area contributed by atoms with Crippen LogP contribution < -0.4 is 16.6 Å². The van der Waals surface area contributed by atoms with Crippen LogP contribution in [0.15, 0.2) is 34.0 Å². The van der Waals surface area contributed by atoms with Gasteiger partial charge in [0.05, 0.1) is 48.0 Å². The van der Waals surface area contributed by atoms with E-state index in [4.69, 9.17) is 9.47 Å². The highest BCUT2D eigenvalue weighted by molar-refractivity contribution is 5.81. The zero-order valence-corrected chi connectivity index (χ0v) is 22.5. The second-order valence-corrected chi connectivity index (χ2v) is 9.88. The molecule has 0 bridgehead atoms. The molecule has 228 valence electrons. The van der Waals surface area contributed by atoms with Crippen LogP contribution in [0, 0.1) is 27.9 Å². The molecule has 1 aliphatic heterocycles. The third-order valence-electron chi connectivity index (χ3n) is 6.26. The van der Waals surface area contributed by atoms with Crippen molar-refractivity contribution in [2.45, 2.75) is 64.0 Å². The van der Waals surface area contributed by atoms with Crippen molar-refractivity contribution in [2.75, 3.05) is 13.2 Å². The number of nitro groups is 1. The lowest BCUT2D eigenvalue weighted by Gasteiger charge is -2.21. The van der Waals surface area contributed by atoms with Crippen LogP contribution in [0.25, 0.3) is 0 Å².